The third kappa shape index (κ3) is 5.39. The molecule has 1 fully saturated rings. The maximum Gasteiger partial charge on any atom is 0.422 e. The average Bonchev–Trinajstić information content (AvgIpc) is 3.37. The number of alkyl halides is 3. The largest absolute Gasteiger partial charge is 0.484 e. The number of aromatic nitrogens is 3. The van der Waals surface area contributed by atoms with Crippen LogP contribution in [0, 0.1) is 5.41 Å². The summed E-state index contributed by atoms with van der Waals surface area (Å²) in [6.07, 6.45) is -1.31. The number of halogens is 3. The molecule has 0 saturated heterocycles. The highest BCUT2D eigenvalue weighted by atomic mass is 19.4. The van der Waals surface area contributed by atoms with Gasteiger partial charge in [-0.25, -0.2) is 0 Å². The van der Waals surface area contributed by atoms with Crippen LogP contribution in [-0.2, 0) is 0 Å². The lowest BCUT2D eigenvalue weighted by atomic mass is 9.84. The van der Waals surface area contributed by atoms with E-state index in [1.165, 1.54) is 12.3 Å². The van der Waals surface area contributed by atoms with Crippen LogP contribution in [0.15, 0.2) is 18.3 Å². The molecule has 1 amide bonds. The van der Waals surface area contributed by atoms with E-state index in [0.717, 1.165) is 12.8 Å². The lowest BCUT2D eigenvalue weighted by molar-refractivity contribution is -0.153. The molecular weight excluding hydrogens is 387 g/mol. The fourth-order valence-corrected chi connectivity index (χ4v) is 3.02. The molecule has 29 heavy (non-hydrogen) atoms. The number of amides is 1. The summed E-state index contributed by atoms with van der Waals surface area (Å²) >= 11 is 0. The van der Waals surface area contributed by atoms with E-state index in [0.29, 0.717) is 17.1 Å². The minimum absolute atomic E-state index is 0.0201. The van der Waals surface area contributed by atoms with Gasteiger partial charge in [-0.2, -0.15) is 18.3 Å². The molecule has 4 N–H and O–H groups in total. The third-order valence-electron chi connectivity index (χ3n) is 4.61. The lowest BCUT2D eigenvalue weighted by Gasteiger charge is -2.30. The SMILES string of the molecule is CC(C)(C)[C@@H](NC(=O)c1cc(OCC(F)(F)F)c(C2CC2)cn1)c1cc(N)n[nH]1. The van der Waals surface area contributed by atoms with Crippen molar-refractivity contribution in [1.82, 2.24) is 20.5 Å². The second kappa shape index (κ2) is 7.57. The normalized spacial score (nSPS) is 15.8. The third-order valence-corrected chi connectivity index (χ3v) is 4.61. The summed E-state index contributed by atoms with van der Waals surface area (Å²) in [5.74, 6) is -0.0724. The number of H-pyrrole nitrogens is 1. The van der Waals surface area contributed by atoms with Gasteiger partial charge in [0.2, 0.25) is 0 Å². The van der Waals surface area contributed by atoms with Crippen molar-refractivity contribution in [3.05, 3.63) is 35.3 Å². The molecule has 0 spiro atoms. The molecule has 2 aromatic heterocycles. The minimum atomic E-state index is -4.47. The first-order valence-electron chi connectivity index (χ1n) is 9.25. The van der Waals surface area contributed by atoms with E-state index in [1.807, 2.05) is 20.8 Å². The van der Waals surface area contributed by atoms with Crippen molar-refractivity contribution in [3.63, 3.8) is 0 Å². The number of nitrogens with two attached hydrogens (primary N) is 1. The number of hydrogen-bond donors (Lipinski definition) is 3. The smallest absolute Gasteiger partial charge is 0.422 e. The van der Waals surface area contributed by atoms with Gasteiger partial charge in [-0.15, -0.1) is 0 Å². The molecule has 1 aliphatic rings. The zero-order chi connectivity index (χ0) is 21.4. The number of hydrogen-bond acceptors (Lipinski definition) is 5. The van der Waals surface area contributed by atoms with Crippen LogP contribution in [0.4, 0.5) is 19.0 Å². The van der Waals surface area contributed by atoms with Crippen LogP contribution in [-0.4, -0.2) is 33.9 Å². The minimum Gasteiger partial charge on any atom is -0.484 e. The summed E-state index contributed by atoms with van der Waals surface area (Å²) in [7, 11) is 0. The van der Waals surface area contributed by atoms with E-state index < -0.39 is 30.1 Å². The molecule has 1 atom stereocenters. The molecule has 158 valence electrons. The van der Waals surface area contributed by atoms with Gasteiger partial charge in [0.1, 0.15) is 17.3 Å². The highest BCUT2D eigenvalue weighted by molar-refractivity contribution is 5.93. The van der Waals surface area contributed by atoms with Crippen molar-refractivity contribution in [2.24, 2.45) is 5.41 Å². The number of aromatic amines is 1. The lowest BCUT2D eigenvalue weighted by Crippen LogP contribution is -2.37. The Kier molecular flexibility index (Phi) is 5.46. The van der Waals surface area contributed by atoms with E-state index in [-0.39, 0.29) is 17.4 Å². The molecule has 2 aromatic rings. The Morgan fingerprint density at radius 2 is 2.03 bits per heavy atom. The van der Waals surface area contributed by atoms with Gasteiger partial charge in [0.15, 0.2) is 6.61 Å². The average molecular weight is 411 g/mol. The van der Waals surface area contributed by atoms with Gasteiger partial charge in [-0.05, 0) is 24.2 Å². The fraction of sp³-hybridized carbons (Fsp3) is 0.526. The fourth-order valence-electron chi connectivity index (χ4n) is 3.02. The number of ether oxygens (including phenoxy) is 1. The summed E-state index contributed by atoms with van der Waals surface area (Å²) in [5.41, 5.74) is 6.47. The Morgan fingerprint density at radius 3 is 2.55 bits per heavy atom. The highest BCUT2D eigenvalue weighted by Crippen LogP contribution is 2.44. The second-order valence-electron chi connectivity index (χ2n) is 8.31. The van der Waals surface area contributed by atoms with E-state index in [9.17, 15) is 18.0 Å². The summed E-state index contributed by atoms with van der Waals surface area (Å²) < 4.78 is 42.8. The second-order valence-corrected chi connectivity index (χ2v) is 8.31. The van der Waals surface area contributed by atoms with Gasteiger partial charge in [0.25, 0.3) is 5.91 Å². The molecule has 1 aliphatic carbocycles. The number of nitrogen functional groups attached to an aromatic ring is 1. The summed E-state index contributed by atoms with van der Waals surface area (Å²) in [6.45, 7) is 4.36. The summed E-state index contributed by atoms with van der Waals surface area (Å²) in [5, 5.41) is 9.54. The molecule has 0 aromatic carbocycles. The van der Waals surface area contributed by atoms with Crippen LogP contribution in [0.3, 0.4) is 0 Å². The molecule has 10 heteroatoms. The zero-order valence-corrected chi connectivity index (χ0v) is 16.4. The first kappa shape index (κ1) is 20.9. The van der Waals surface area contributed by atoms with Crippen LogP contribution >= 0.6 is 0 Å². The molecule has 0 bridgehead atoms. The van der Waals surface area contributed by atoms with Crippen LogP contribution in [0.25, 0.3) is 0 Å². The standard InChI is InChI=1S/C19H24F3N5O2/c1-18(2,3)16(12-7-15(23)27-26-12)25-17(28)13-6-14(29-9-19(20,21)22)11(8-24-13)10-4-5-10/h6-8,10,16H,4-5,9H2,1-3H3,(H,25,28)(H3,23,26,27)/t16-/m0/s1. The Morgan fingerprint density at radius 1 is 1.34 bits per heavy atom. The van der Waals surface area contributed by atoms with Crippen LogP contribution in [0.1, 0.15) is 67.3 Å². The molecule has 1 saturated carbocycles. The van der Waals surface area contributed by atoms with Gasteiger partial charge in [0, 0.05) is 23.9 Å². The Hall–Kier alpha value is -2.78. The van der Waals surface area contributed by atoms with Crippen molar-refractivity contribution >= 4 is 11.7 Å². The predicted molar refractivity (Wildman–Crippen MR) is 100 cm³/mol. The molecule has 7 nitrogen and oxygen atoms in total. The van der Waals surface area contributed by atoms with Crippen molar-refractivity contribution in [2.75, 3.05) is 12.3 Å². The van der Waals surface area contributed by atoms with Crippen LogP contribution in [0.5, 0.6) is 5.75 Å². The number of anilines is 1. The molecule has 0 radical (unpaired) electrons. The quantitative estimate of drug-likeness (QED) is 0.672. The van der Waals surface area contributed by atoms with Gasteiger partial charge in [0.05, 0.1) is 11.7 Å². The van der Waals surface area contributed by atoms with Gasteiger partial charge in [-0.3, -0.25) is 14.9 Å². The topological polar surface area (TPSA) is 106 Å². The Balaban J connectivity index is 1.83. The van der Waals surface area contributed by atoms with Crippen molar-refractivity contribution in [1.29, 1.82) is 0 Å². The number of nitrogens with zero attached hydrogens (tertiary/aromatic N) is 2. The number of pyridine rings is 1. The summed E-state index contributed by atoms with van der Waals surface area (Å²) in [6, 6.07) is 2.43. The van der Waals surface area contributed by atoms with E-state index in [4.69, 9.17) is 10.5 Å². The number of carbonyl (C=O) groups excluding carboxylic acids is 1. The Bertz CT molecular complexity index is 885. The highest BCUT2D eigenvalue weighted by Gasteiger charge is 2.33. The van der Waals surface area contributed by atoms with Crippen molar-refractivity contribution < 1.29 is 22.7 Å². The molecule has 3 rings (SSSR count). The van der Waals surface area contributed by atoms with E-state index in [2.05, 4.69) is 20.5 Å². The zero-order valence-electron chi connectivity index (χ0n) is 16.4. The Labute approximate surface area is 166 Å². The molecule has 2 heterocycles. The first-order chi connectivity index (χ1) is 13.4. The maximum atomic E-state index is 12.8. The van der Waals surface area contributed by atoms with Crippen LogP contribution < -0.4 is 15.8 Å². The number of carbonyl (C=O) groups is 1. The number of rotatable bonds is 6. The van der Waals surface area contributed by atoms with Crippen molar-refractivity contribution in [2.45, 2.75) is 51.7 Å². The van der Waals surface area contributed by atoms with Crippen LogP contribution in [0.2, 0.25) is 0 Å². The molecule has 0 aliphatic heterocycles. The summed E-state index contributed by atoms with van der Waals surface area (Å²) in [4.78, 5) is 17.0. The first-order valence-corrected chi connectivity index (χ1v) is 9.25. The monoisotopic (exact) mass is 411 g/mol. The van der Waals surface area contributed by atoms with Gasteiger partial charge < -0.3 is 15.8 Å². The number of nitrogens with one attached hydrogen (secondary N) is 2. The molecule has 0 unspecified atom stereocenters. The van der Waals surface area contributed by atoms with E-state index in [1.54, 1.807) is 6.07 Å². The molecular formula is C19H24F3N5O2. The predicted octanol–water partition coefficient (Wildman–Crippen LogP) is 3.72. The van der Waals surface area contributed by atoms with Crippen molar-refractivity contribution in [3.8, 4) is 5.75 Å². The van der Waals surface area contributed by atoms with E-state index >= 15 is 0 Å². The van der Waals surface area contributed by atoms with Gasteiger partial charge >= 0.3 is 6.18 Å². The maximum absolute atomic E-state index is 12.8. The van der Waals surface area contributed by atoms with Gasteiger partial charge in [-0.1, -0.05) is 20.8 Å².